The standard InChI is InChI=1S/C25H19NO5S/c1-2-26-16-17(20-10-6-7-11-22(20)26)14-24-25(27)21-13-12-18(15-23(21)30-24)31-32(28,29)19-8-4-3-5-9-19/h3-16H,2H2,1H3. The fourth-order valence-corrected chi connectivity index (χ4v) is 4.72. The number of carbonyl (C=O) groups is 1. The van der Waals surface area contributed by atoms with Gasteiger partial charge in [0.25, 0.3) is 0 Å². The second-order valence-electron chi connectivity index (χ2n) is 7.34. The molecule has 1 aromatic heterocycles. The fraction of sp³-hybridized carbons (Fsp3) is 0.0800. The molecule has 0 amide bonds. The van der Waals surface area contributed by atoms with E-state index in [1.165, 1.54) is 30.3 Å². The molecule has 0 spiro atoms. The molecule has 0 N–H and O–H groups in total. The molecule has 7 heteroatoms. The van der Waals surface area contributed by atoms with Crippen LogP contribution in [0.15, 0.2) is 89.6 Å². The van der Waals surface area contributed by atoms with E-state index in [1.807, 2.05) is 30.5 Å². The highest BCUT2D eigenvalue weighted by atomic mass is 32.2. The van der Waals surface area contributed by atoms with Gasteiger partial charge in [-0.15, -0.1) is 0 Å². The first-order valence-corrected chi connectivity index (χ1v) is 11.5. The summed E-state index contributed by atoms with van der Waals surface area (Å²) >= 11 is 0. The van der Waals surface area contributed by atoms with Gasteiger partial charge in [0.05, 0.1) is 5.56 Å². The highest BCUT2D eigenvalue weighted by Crippen LogP contribution is 2.36. The van der Waals surface area contributed by atoms with Crippen LogP contribution in [-0.4, -0.2) is 18.8 Å². The number of hydrogen-bond donors (Lipinski definition) is 0. The monoisotopic (exact) mass is 445 g/mol. The normalized spacial score (nSPS) is 14.5. The molecule has 0 saturated heterocycles. The van der Waals surface area contributed by atoms with Gasteiger partial charge >= 0.3 is 10.1 Å². The fourth-order valence-electron chi connectivity index (χ4n) is 3.77. The van der Waals surface area contributed by atoms with E-state index in [0.29, 0.717) is 5.56 Å². The number of Topliss-reactive ketones (excluding diaryl/α,β-unsaturated/α-hetero) is 1. The molecule has 0 bridgehead atoms. The average Bonchev–Trinajstić information content (AvgIpc) is 3.31. The molecular formula is C25H19NO5S. The first-order chi connectivity index (χ1) is 15.5. The minimum absolute atomic E-state index is 0.0467. The number of para-hydroxylation sites is 1. The summed E-state index contributed by atoms with van der Waals surface area (Å²) in [5.74, 6) is 0.262. The first-order valence-electron chi connectivity index (χ1n) is 10.1. The Morgan fingerprint density at radius 1 is 1.00 bits per heavy atom. The third-order valence-corrected chi connectivity index (χ3v) is 6.59. The van der Waals surface area contributed by atoms with Crippen molar-refractivity contribution in [2.45, 2.75) is 18.4 Å². The van der Waals surface area contributed by atoms with Crippen LogP contribution >= 0.6 is 0 Å². The third-order valence-electron chi connectivity index (χ3n) is 5.33. The van der Waals surface area contributed by atoms with Gasteiger partial charge in [-0.2, -0.15) is 8.42 Å². The summed E-state index contributed by atoms with van der Waals surface area (Å²) in [6, 6.07) is 20.2. The van der Waals surface area contributed by atoms with Crippen LogP contribution in [0.25, 0.3) is 17.0 Å². The van der Waals surface area contributed by atoms with E-state index in [-0.39, 0.29) is 27.9 Å². The maximum absolute atomic E-state index is 12.9. The second kappa shape index (κ2) is 7.69. The Balaban J connectivity index is 1.46. The molecule has 2 heterocycles. The summed E-state index contributed by atoms with van der Waals surface area (Å²) in [6.45, 7) is 2.86. The highest BCUT2D eigenvalue weighted by molar-refractivity contribution is 7.87. The van der Waals surface area contributed by atoms with E-state index in [4.69, 9.17) is 8.92 Å². The van der Waals surface area contributed by atoms with Crippen LogP contribution in [0.5, 0.6) is 11.5 Å². The van der Waals surface area contributed by atoms with Gasteiger partial charge in [0, 0.05) is 35.3 Å². The van der Waals surface area contributed by atoms with Gasteiger partial charge in [-0.25, -0.2) is 0 Å². The predicted molar refractivity (Wildman–Crippen MR) is 121 cm³/mol. The van der Waals surface area contributed by atoms with Gasteiger partial charge in [-0.05, 0) is 43.3 Å². The zero-order chi connectivity index (χ0) is 22.3. The summed E-state index contributed by atoms with van der Waals surface area (Å²) < 4.78 is 38.1. The maximum atomic E-state index is 12.9. The van der Waals surface area contributed by atoms with Crippen molar-refractivity contribution in [3.8, 4) is 11.5 Å². The number of aromatic nitrogens is 1. The van der Waals surface area contributed by atoms with Crippen molar-refractivity contribution in [2.75, 3.05) is 0 Å². The SMILES string of the molecule is CCn1cc(C=C2Oc3cc(OS(=O)(=O)c4ccccc4)ccc3C2=O)c2ccccc21. The van der Waals surface area contributed by atoms with Crippen LogP contribution in [0.1, 0.15) is 22.8 Å². The van der Waals surface area contributed by atoms with Crippen LogP contribution in [-0.2, 0) is 16.7 Å². The Labute approximate surface area is 185 Å². The molecule has 0 radical (unpaired) electrons. The number of ether oxygens (including phenoxy) is 1. The Morgan fingerprint density at radius 2 is 1.75 bits per heavy atom. The Hall–Kier alpha value is -3.84. The number of ketones is 1. The largest absolute Gasteiger partial charge is 0.452 e. The Bertz CT molecular complexity index is 1480. The van der Waals surface area contributed by atoms with Gasteiger partial charge in [0.1, 0.15) is 16.4 Å². The zero-order valence-corrected chi connectivity index (χ0v) is 18.0. The Kier molecular flexibility index (Phi) is 4.83. The summed E-state index contributed by atoms with van der Waals surface area (Å²) in [7, 11) is -3.99. The minimum atomic E-state index is -3.99. The predicted octanol–water partition coefficient (Wildman–Crippen LogP) is 5.05. The van der Waals surface area contributed by atoms with Crippen LogP contribution in [0, 0.1) is 0 Å². The number of benzene rings is 3. The smallest absolute Gasteiger partial charge is 0.339 e. The highest BCUT2D eigenvalue weighted by Gasteiger charge is 2.29. The molecular weight excluding hydrogens is 426 g/mol. The number of fused-ring (bicyclic) bond motifs is 2. The van der Waals surface area contributed by atoms with Crippen molar-refractivity contribution < 1.29 is 22.1 Å². The minimum Gasteiger partial charge on any atom is -0.452 e. The van der Waals surface area contributed by atoms with Crippen molar-refractivity contribution in [3.63, 3.8) is 0 Å². The molecule has 1 aliphatic rings. The number of allylic oxidation sites excluding steroid dienone is 1. The van der Waals surface area contributed by atoms with Crippen LogP contribution in [0.4, 0.5) is 0 Å². The second-order valence-corrected chi connectivity index (χ2v) is 8.88. The summed E-state index contributed by atoms with van der Waals surface area (Å²) in [5.41, 5.74) is 2.31. The first kappa shape index (κ1) is 20.1. The lowest BCUT2D eigenvalue weighted by atomic mass is 10.1. The number of hydrogen-bond acceptors (Lipinski definition) is 5. The number of aryl methyl sites for hydroxylation is 1. The van der Waals surface area contributed by atoms with Crippen LogP contribution in [0.2, 0.25) is 0 Å². The molecule has 3 aromatic carbocycles. The summed E-state index contributed by atoms with van der Waals surface area (Å²) in [4.78, 5) is 12.9. The van der Waals surface area contributed by atoms with E-state index in [2.05, 4.69) is 11.5 Å². The molecule has 0 unspecified atom stereocenters. The Morgan fingerprint density at radius 3 is 2.53 bits per heavy atom. The van der Waals surface area contributed by atoms with Crippen molar-refractivity contribution in [1.29, 1.82) is 0 Å². The van der Waals surface area contributed by atoms with E-state index in [1.54, 1.807) is 24.3 Å². The van der Waals surface area contributed by atoms with Gasteiger partial charge < -0.3 is 13.5 Å². The van der Waals surface area contributed by atoms with Crippen molar-refractivity contribution in [3.05, 3.63) is 95.9 Å². The molecule has 32 heavy (non-hydrogen) atoms. The summed E-state index contributed by atoms with van der Waals surface area (Å²) in [6.07, 6.45) is 3.70. The molecule has 6 nitrogen and oxygen atoms in total. The molecule has 160 valence electrons. The van der Waals surface area contributed by atoms with Gasteiger partial charge in [0.2, 0.25) is 5.78 Å². The van der Waals surface area contributed by atoms with Gasteiger partial charge in [-0.1, -0.05) is 36.4 Å². The lowest BCUT2D eigenvalue weighted by Gasteiger charge is -2.07. The average molecular weight is 445 g/mol. The third kappa shape index (κ3) is 3.46. The number of nitrogens with zero attached hydrogens (tertiary/aromatic N) is 1. The van der Waals surface area contributed by atoms with E-state index >= 15 is 0 Å². The molecule has 0 saturated carbocycles. The molecule has 0 aliphatic carbocycles. The van der Waals surface area contributed by atoms with Crippen molar-refractivity contribution in [1.82, 2.24) is 4.57 Å². The van der Waals surface area contributed by atoms with Gasteiger partial charge in [0.15, 0.2) is 5.76 Å². The van der Waals surface area contributed by atoms with E-state index in [9.17, 15) is 13.2 Å². The number of carbonyl (C=O) groups excluding carboxylic acids is 1. The molecule has 5 rings (SSSR count). The van der Waals surface area contributed by atoms with Crippen molar-refractivity contribution >= 4 is 32.9 Å². The molecule has 0 atom stereocenters. The van der Waals surface area contributed by atoms with Gasteiger partial charge in [-0.3, -0.25) is 4.79 Å². The van der Waals surface area contributed by atoms with E-state index in [0.717, 1.165) is 23.0 Å². The lowest BCUT2D eigenvalue weighted by molar-refractivity contribution is 0.101. The quantitative estimate of drug-likeness (QED) is 0.318. The molecule has 1 aliphatic heterocycles. The number of rotatable bonds is 5. The van der Waals surface area contributed by atoms with E-state index < -0.39 is 10.1 Å². The molecule has 0 fully saturated rings. The van der Waals surface area contributed by atoms with Crippen LogP contribution in [0.3, 0.4) is 0 Å². The maximum Gasteiger partial charge on any atom is 0.339 e. The van der Waals surface area contributed by atoms with Crippen molar-refractivity contribution in [2.24, 2.45) is 0 Å². The molecule has 4 aromatic rings. The topological polar surface area (TPSA) is 74.6 Å². The zero-order valence-electron chi connectivity index (χ0n) is 17.2. The van der Waals surface area contributed by atoms with Crippen LogP contribution < -0.4 is 8.92 Å². The lowest BCUT2D eigenvalue weighted by Crippen LogP contribution is -2.09. The summed E-state index contributed by atoms with van der Waals surface area (Å²) in [5, 5.41) is 1.02.